The molecule has 0 radical (unpaired) electrons. The summed E-state index contributed by atoms with van der Waals surface area (Å²) in [5.41, 5.74) is 0.363. The number of carbonyl (C=O) groups excluding carboxylic acids is 2. The summed E-state index contributed by atoms with van der Waals surface area (Å²) in [6.45, 7) is 0. The third-order valence-electron chi connectivity index (χ3n) is 4.75. The fraction of sp³-hybridized carbons (Fsp3) is 0.471. The number of nitrogens with zero attached hydrogens (tertiary/aromatic N) is 3. The van der Waals surface area contributed by atoms with Crippen molar-refractivity contribution in [1.29, 1.82) is 0 Å². The molecule has 2 amide bonds. The summed E-state index contributed by atoms with van der Waals surface area (Å²) in [6, 6.07) is 5.24. The molecule has 2 aliphatic heterocycles. The van der Waals surface area contributed by atoms with E-state index >= 15 is 0 Å². The molecule has 1 unspecified atom stereocenters. The summed E-state index contributed by atoms with van der Waals surface area (Å²) >= 11 is 0. The van der Waals surface area contributed by atoms with Gasteiger partial charge < -0.3 is 5.32 Å². The lowest BCUT2D eigenvalue weighted by molar-refractivity contribution is -0.133. The Morgan fingerprint density at radius 3 is 2.62 bits per heavy atom. The Morgan fingerprint density at radius 2 is 2.00 bits per heavy atom. The molecule has 0 aliphatic carbocycles. The molecule has 2 heterocycles. The van der Waals surface area contributed by atoms with Crippen molar-refractivity contribution in [3.8, 4) is 0 Å². The average Bonchev–Trinajstić information content (AvgIpc) is 3.01. The third-order valence-corrected chi connectivity index (χ3v) is 8.31. The first-order chi connectivity index (χ1) is 13.5. The lowest BCUT2D eigenvalue weighted by atomic mass is 10.1. The van der Waals surface area contributed by atoms with Crippen LogP contribution in [0.25, 0.3) is 0 Å². The van der Waals surface area contributed by atoms with Crippen LogP contribution in [0, 0.1) is 0 Å². The summed E-state index contributed by atoms with van der Waals surface area (Å²) in [4.78, 5) is 24.8. The molecule has 3 rings (SSSR count). The number of nitrogens with one attached hydrogen (secondary N) is 1. The Balaban J connectivity index is 1.79. The predicted octanol–water partition coefficient (Wildman–Crippen LogP) is 0.0409. The Hall–Kier alpha value is -2.31. The summed E-state index contributed by atoms with van der Waals surface area (Å²) < 4.78 is 48.9. The first kappa shape index (κ1) is 21.4. The Bertz CT molecular complexity index is 1080. The predicted molar refractivity (Wildman–Crippen MR) is 107 cm³/mol. The Labute approximate surface area is 169 Å². The highest BCUT2D eigenvalue weighted by molar-refractivity contribution is 7.91. The quantitative estimate of drug-likeness (QED) is 0.684. The molecular weight excluding hydrogens is 420 g/mol. The van der Waals surface area contributed by atoms with Crippen molar-refractivity contribution in [1.82, 2.24) is 9.31 Å². The van der Waals surface area contributed by atoms with E-state index < -0.39 is 31.8 Å². The zero-order valence-corrected chi connectivity index (χ0v) is 17.7. The monoisotopic (exact) mass is 442 g/mol. The molecule has 29 heavy (non-hydrogen) atoms. The largest absolute Gasteiger partial charge is 0.321 e. The van der Waals surface area contributed by atoms with Crippen molar-refractivity contribution in [2.24, 2.45) is 5.10 Å². The Kier molecular flexibility index (Phi) is 5.79. The minimum Gasteiger partial charge on any atom is -0.321 e. The molecule has 10 nitrogen and oxygen atoms in total. The van der Waals surface area contributed by atoms with Gasteiger partial charge in [-0.2, -0.15) is 5.10 Å². The third kappa shape index (κ3) is 4.65. The maximum Gasteiger partial charge on any atom is 0.271 e. The zero-order chi connectivity index (χ0) is 21.4. The second-order valence-electron chi connectivity index (χ2n) is 7.11. The van der Waals surface area contributed by atoms with Gasteiger partial charge in [0.25, 0.3) is 5.91 Å². The van der Waals surface area contributed by atoms with E-state index in [1.165, 1.54) is 32.3 Å². The van der Waals surface area contributed by atoms with Gasteiger partial charge in [-0.3, -0.25) is 9.59 Å². The van der Waals surface area contributed by atoms with Gasteiger partial charge in [-0.25, -0.2) is 26.1 Å². The van der Waals surface area contributed by atoms with Crippen LogP contribution in [0.3, 0.4) is 0 Å². The van der Waals surface area contributed by atoms with Crippen molar-refractivity contribution in [2.75, 3.05) is 30.9 Å². The average molecular weight is 443 g/mol. The molecule has 12 heteroatoms. The van der Waals surface area contributed by atoms with Crippen LogP contribution in [0.15, 0.2) is 34.3 Å². The molecule has 0 aromatic heterocycles. The lowest BCUT2D eigenvalue weighted by Gasteiger charge is -2.27. The van der Waals surface area contributed by atoms with E-state index in [9.17, 15) is 26.4 Å². The van der Waals surface area contributed by atoms with Gasteiger partial charge in [-0.1, -0.05) is 6.07 Å². The molecule has 158 valence electrons. The number of hydrogen-bond donors (Lipinski definition) is 1. The van der Waals surface area contributed by atoms with Crippen LogP contribution in [0.4, 0.5) is 5.69 Å². The maximum atomic E-state index is 12.6. The summed E-state index contributed by atoms with van der Waals surface area (Å²) in [5, 5.41) is 7.81. The van der Waals surface area contributed by atoms with Crippen molar-refractivity contribution < 1.29 is 26.4 Å². The van der Waals surface area contributed by atoms with Crippen LogP contribution in [0.1, 0.15) is 19.3 Å². The highest BCUT2D eigenvalue weighted by Crippen LogP contribution is 2.23. The molecule has 1 atom stereocenters. The topological polar surface area (TPSA) is 133 Å². The summed E-state index contributed by atoms with van der Waals surface area (Å²) in [5.74, 6) is -1.06. The van der Waals surface area contributed by atoms with Crippen LogP contribution < -0.4 is 5.32 Å². The first-order valence-electron chi connectivity index (χ1n) is 8.93. The van der Waals surface area contributed by atoms with Gasteiger partial charge in [0.1, 0.15) is 5.71 Å². The van der Waals surface area contributed by atoms with Crippen LogP contribution >= 0.6 is 0 Å². The van der Waals surface area contributed by atoms with Gasteiger partial charge in [0, 0.05) is 32.6 Å². The van der Waals surface area contributed by atoms with E-state index in [0.717, 1.165) is 9.31 Å². The number of carbonyl (C=O) groups is 2. The van der Waals surface area contributed by atoms with Crippen molar-refractivity contribution >= 4 is 43.1 Å². The number of hydrogen-bond acceptors (Lipinski definition) is 7. The summed E-state index contributed by atoms with van der Waals surface area (Å²) in [7, 11) is -4.04. The molecule has 1 fully saturated rings. The molecule has 0 saturated carbocycles. The smallest absolute Gasteiger partial charge is 0.271 e. The molecule has 1 aromatic carbocycles. The number of sulfonamides is 1. The van der Waals surface area contributed by atoms with Crippen LogP contribution in [0.2, 0.25) is 0 Å². The highest BCUT2D eigenvalue weighted by Gasteiger charge is 2.37. The Morgan fingerprint density at radius 1 is 1.28 bits per heavy atom. The maximum absolute atomic E-state index is 12.6. The van der Waals surface area contributed by atoms with E-state index in [2.05, 4.69) is 10.4 Å². The molecule has 1 aromatic rings. The molecule has 1 N–H and O–H groups in total. The van der Waals surface area contributed by atoms with Gasteiger partial charge >= 0.3 is 0 Å². The van der Waals surface area contributed by atoms with Crippen LogP contribution in [-0.4, -0.2) is 75.3 Å². The number of sulfone groups is 1. The number of rotatable bonds is 5. The number of hydrazone groups is 1. The number of benzene rings is 1. The van der Waals surface area contributed by atoms with Crippen LogP contribution in [-0.2, 0) is 29.4 Å². The highest BCUT2D eigenvalue weighted by atomic mass is 32.2. The van der Waals surface area contributed by atoms with E-state index in [0.29, 0.717) is 0 Å². The second-order valence-corrected chi connectivity index (χ2v) is 11.5. The van der Waals surface area contributed by atoms with E-state index in [-0.39, 0.29) is 53.0 Å². The zero-order valence-electron chi connectivity index (χ0n) is 16.0. The van der Waals surface area contributed by atoms with Crippen molar-refractivity contribution in [3.05, 3.63) is 24.3 Å². The number of amides is 2. The fourth-order valence-electron chi connectivity index (χ4n) is 3.14. The van der Waals surface area contributed by atoms with E-state index in [4.69, 9.17) is 0 Å². The lowest BCUT2D eigenvalue weighted by Crippen LogP contribution is -2.42. The fourth-order valence-corrected chi connectivity index (χ4v) is 5.78. The van der Waals surface area contributed by atoms with Crippen molar-refractivity contribution in [2.45, 2.75) is 30.2 Å². The van der Waals surface area contributed by atoms with Crippen molar-refractivity contribution in [3.63, 3.8) is 0 Å². The van der Waals surface area contributed by atoms with Gasteiger partial charge in [0.2, 0.25) is 15.9 Å². The van der Waals surface area contributed by atoms with Gasteiger partial charge in [0.15, 0.2) is 9.84 Å². The second kappa shape index (κ2) is 7.84. The molecule has 0 bridgehead atoms. The molecule has 1 saturated heterocycles. The van der Waals surface area contributed by atoms with Gasteiger partial charge in [-0.15, -0.1) is 0 Å². The minimum atomic E-state index is -3.66. The standard InChI is InChI=1S/C17H22N4O6S2/c1-20(2)29(26,27)14-5-3-4-12(10-14)18-17(23)15-6-7-16(22)21(19-15)13-8-9-28(24,25)11-13/h3-5,10,13H,6-9,11H2,1-2H3,(H,18,23). The van der Waals surface area contributed by atoms with E-state index in [1.807, 2.05) is 0 Å². The normalized spacial score (nSPS) is 21.9. The van der Waals surface area contributed by atoms with E-state index in [1.54, 1.807) is 6.07 Å². The van der Waals surface area contributed by atoms with Gasteiger partial charge in [0.05, 0.1) is 22.4 Å². The first-order valence-corrected chi connectivity index (χ1v) is 12.2. The minimum absolute atomic E-state index is 0.00830. The molecule has 2 aliphatic rings. The number of anilines is 1. The van der Waals surface area contributed by atoms with Gasteiger partial charge in [-0.05, 0) is 24.6 Å². The molecule has 0 spiro atoms. The van der Waals surface area contributed by atoms with Crippen LogP contribution in [0.5, 0.6) is 0 Å². The molecular formula is C17H22N4O6S2. The SMILES string of the molecule is CN(C)S(=O)(=O)c1cccc(NC(=O)C2=NN(C3CCS(=O)(=O)C3)C(=O)CC2)c1. The summed E-state index contributed by atoms with van der Waals surface area (Å²) in [6.07, 6.45) is 0.463.